The number of hydrogen-bond donors (Lipinski definition) is 2. The molecule has 0 radical (unpaired) electrons. The molecule has 0 saturated carbocycles. The Hall–Kier alpha value is -2.38. The number of rotatable bonds is 5. The van der Waals surface area contributed by atoms with Crippen LogP contribution in [0.2, 0.25) is 5.02 Å². The van der Waals surface area contributed by atoms with Crippen LogP contribution in [0.15, 0.2) is 42.5 Å². The normalized spacial score (nSPS) is 11.0. The molecule has 0 aromatic heterocycles. The van der Waals surface area contributed by atoms with E-state index >= 15 is 0 Å². The Morgan fingerprint density at radius 2 is 1.75 bits per heavy atom. The van der Waals surface area contributed by atoms with Crippen LogP contribution in [0.3, 0.4) is 0 Å². The molecule has 0 saturated heterocycles. The minimum absolute atomic E-state index is 0.101. The number of anilines is 2. The fraction of sp³-hybridized carbons (Fsp3) is 0.125. The van der Waals surface area contributed by atoms with Crippen molar-refractivity contribution in [2.75, 3.05) is 16.3 Å². The van der Waals surface area contributed by atoms with E-state index in [1.165, 1.54) is 25.1 Å². The van der Waals surface area contributed by atoms with Gasteiger partial charge in [0.2, 0.25) is 10.0 Å². The molecule has 2 N–H and O–H groups in total. The third kappa shape index (κ3) is 4.81. The van der Waals surface area contributed by atoms with Gasteiger partial charge >= 0.3 is 0 Å². The summed E-state index contributed by atoms with van der Waals surface area (Å²) in [5.74, 6) is -0.577. The van der Waals surface area contributed by atoms with Gasteiger partial charge in [0.15, 0.2) is 5.78 Å². The summed E-state index contributed by atoms with van der Waals surface area (Å²) in [6.07, 6.45) is 1.02. The topological polar surface area (TPSA) is 92.3 Å². The fourth-order valence-electron chi connectivity index (χ4n) is 1.99. The zero-order valence-electron chi connectivity index (χ0n) is 13.0. The lowest BCUT2D eigenvalue weighted by molar-refractivity contribution is 0.101. The van der Waals surface area contributed by atoms with Gasteiger partial charge in [0.25, 0.3) is 5.91 Å². The molecule has 0 bridgehead atoms. The fourth-order valence-corrected chi connectivity index (χ4v) is 2.81. The van der Waals surface area contributed by atoms with Crippen LogP contribution < -0.4 is 10.0 Å². The molecule has 0 aliphatic heterocycles. The van der Waals surface area contributed by atoms with Gasteiger partial charge in [-0.25, -0.2) is 8.42 Å². The van der Waals surface area contributed by atoms with E-state index in [9.17, 15) is 18.0 Å². The van der Waals surface area contributed by atoms with E-state index in [2.05, 4.69) is 10.0 Å². The Kier molecular flexibility index (Phi) is 5.26. The summed E-state index contributed by atoms with van der Waals surface area (Å²) < 4.78 is 24.7. The average molecular weight is 367 g/mol. The zero-order valence-corrected chi connectivity index (χ0v) is 14.5. The molecule has 2 aromatic rings. The molecule has 0 unspecified atom stereocenters. The first-order valence-corrected chi connectivity index (χ1v) is 9.12. The predicted molar refractivity (Wildman–Crippen MR) is 94.3 cm³/mol. The molecule has 0 spiro atoms. The van der Waals surface area contributed by atoms with Crippen molar-refractivity contribution in [2.45, 2.75) is 6.92 Å². The van der Waals surface area contributed by atoms with Gasteiger partial charge in [0, 0.05) is 16.9 Å². The molecule has 2 aromatic carbocycles. The van der Waals surface area contributed by atoms with Crippen molar-refractivity contribution < 1.29 is 18.0 Å². The molecule has 0 atom stereocenters. The van der Waals surface area contributed by atoms with Crippen LogP contribution in [0.25, 0.3) is 0 Å². The highest BCUT2D eigenvalue weighted by atomic mass is 35.5. The quantitative estimate of drug-likeness (QED) is 0.795. The number of sulfonamides is 1. The van der Waals surface area contributed by atoms with E-state index in [0.29, 0.717) is 11.3 Å². The van der Waals surface area contributed by atoms with Crippen molar-refractivity contribution in [2.24, 2.45) is 0 Å². The summed E-state index contributed by atoms with van der Waals surface area (Å²) in [6, 6.07) is 10.7. The summed E-state index contributed by atoms with van der Waals surface area (Å²) in [7, 11) is -3.43. The van der Waals surface area contributed by atoms with Crippen molar-refractivity contribution in [1.82, 2.24) is 0 Å². The van der Waals surface area contributed by atoms with Gasteiger partial charge in [-0.15, -0.1) is 0 Å². The van der Waals surface area contributed by atoms with Crippen molar-refractivity contribution in [1.29, 1.82) is 0 Å². The summed E-state index contributed by atoms with van der Waals surface area (Å²) in [4.78, 5) is 23.7. The molecular weight excluding hydrogens is 352 g/mol. The predicted octanol–water partition coefficient (Wildman–Crippen LogP) is 3.17. The van der Waals surface area contributed by atoms with E-state index < -0.39 is 15.9 Å². The zero-order chi connectivity index (χ0) is 17.9. The highest BCUT2D eigenvalue weighted by molar-refractivity contribution is 7.92. The summed E-state index contributed by atoms with van der Waals surface area (Å²) >= 11 is 6.05. The van der Waals surface area contributed by atoms with Crippen LogP contribution in [0, 0.1) is 0 Å². The lowest BCUT2D eigenvalue weighted by Crippen LogP contribution is -2.14. The van der Waals surface area contributed by atoms with E-state index in [-0.39, 0.29) is 22.1 Å². The number of carbonyl (C=O) groups is 2. The molecule has 0 aliphatic rings. The SMILES string of the molecule is CC(=O)c1cccc(NC(=O)c2ccc(NS(C)(=O)=O)cc2Cl)c1. The Labute approximate surface area is 144 Å². The number of nitrogens with one attached hydrogen (secondary N) is 2. The molecule has 24 heavy (non-hydrogen) atoms. The Morgan fingerprint density at radius 1 is 1.04 bits per heavy atom. The van der Waals surface area contributed by atoms with E-state index in [0.717, 1.165) is 6.26 Å². The van der Waals surface area contributed by atoms with Crippen LogP contribution in [-0.4, -0.2) is 26.4 Å². The van der Waals surface area contributed by atoms with E-state index in [4.69, 9.17) is 11.6 Å². The second-order valence-electron chi connectivity index (χ2n) is 5.16. The number of amides is 1. The largest absolute Gasteiger partial charge is 0.322 e. The minimum atomic E-state index is -3.43. The smallest absolute Gasteiger partial charge is 0.257 e. The number of carbonyl (C=O) groups excluding carboxylic acids is 2. The Balaban J connectivity index is 2.21. The second kappa shape index (κ2) is 7.02. The summed E-state index contributed by atoms with van der Waals surface area (Å²) in [5.41, 5.74) is 1.38. The highest BCUT2D eigenvalue weighted by Crippen LogP contribution is 2.23. The molecule has 0 aliphatic carbocycles. The van der Waals surface area contributed by atoms with Crippen LogP contribution in [-0.2, 0) is 10.0 Å². The van der Waals surface area contributed by atoms with Crippen molar-refractivity contribution in [3.63, 3.8) is 0 Å². The van der Waals surface area contributed by atoms with Crippen LogP contribution in [0.5, 0.6) is 0 Å². The van der Waals surface area contributed by atoms with Crippen LogP contribution >= 0.6 is 11.6 Å². The number of hydrogen-bond acceptors (Lipinski definition) is 4. The minimum Gasteiger partial charge on any atom is -0.322 e. The van der Waals surface area contributed by atoms with Gasteiger partial charge < -0.3 is 5.32 Å². The third-order valence-electron chi connectivity index (χ3n) is 3.04. The lowest BCUT2D eigenvalue weighted by atomic mass is 10.1. The maximum absolute atomic E-state index is 12.3. The first kappa shape index (κ1) is 18.0. The van der Waals surface area contributed by atoms with Gasteiger partial charge in [0.05, 0.1) is 16.8 Å². The van der Waals surface area contributed by atoms with Gasteiger partial charge in [-0.2, -0.15) is 0 Å². The number of Topliss-reactive ketones (excluding diaryl/α,β-unsaturated/α-hetero) is 1. The molecular formula is C16H15ClN2O4S. The highest BCUT2D eigenvalue weighted by Gasteiger charge is 2.13. The Bertz CT molecular complexity index is 910. The van der Waals surface area contributed by atoms with Crippen LogP contribution in [0.1, 0.15) is 27.6 Å². The van der Waals surface area contributed by atoms with E-state index in [1.807, 2.05) is 0 Å². The molecule has 0 fully saturated rings. The number of halogens is 1. The Morgan fingerprint density at radius 3 is 2.33 bits per heavy atom. The summed E-state index contributed by atoms with van der Waals surface area (Å²) in [5, 5.41) is 2.75. The lowest BCUT2D eigenvalue weighted by Gasteiger charge is -2.10. The monoisotopic (exact) mass is 366 g/mol. The van der Waals surface area contributed by atoms with Gasteiger partial charge in [0.1, 0.15) is 0 Å². The first-order chi connectivity index (χ1) is 11.2. The van der Waals surface area contributed by atoms with Gasteiger partial charge in [-0.05, 0) is 37.3 Å². The van der Waals surface area contributed by atoms with Crippen molar-refractivity contribution >= 4 is 44.7 Å². The molecule has 126 valence electrons. The average Bonchev–Trinajstić information content (AvgIpc) is 2.45. The van der Waals surface area contributed by atoms with Crippen LogP contribution in [0.4, 0.5) is 11.4 Å². The van der Waals surface area contributed by atoms with Gasteiger partial charge in [-0.3, -0.25) is 14.3 Å². The maximum atomic E-state index is 12.3. The van der Waals surface area contributed by atoms with Crippen molar-refractivity contribution in [3.05, 3.63) is 58.6 Å². The molecule has 6 nitrogen and oxygen atoms in total. The van der Waals surface area contributed by atoms with E-state index in [1.54, 1.807) is 24.3 Å². The number of ketones is 1. The number of benzene rings is 2. The molecule has 8 heteroatoms. The van der Waals surface area contributed by atoms with Crippen molar-refractivity contribution in [3.8, 4) is 0 Å². The molecule has 0 heterocycles. The third-order valence-corrected chi connectivity index (χ3v) is 3.96. The van der Waals surface area contributed by atoms with Gasteiger partial charge in [-0.1, -0.05) is 23.7 Å². The molecule has 1 amide bonds. The second-order valence-corrected chi connectivity index (χ2v) is 7.32. The first-order valence-electron chi connectivity index (χ1n) is 6.85. The molecule has 2 rings (SSSR count). The summed E-state index contributed by atoms with van der Waals surface area (Å²) in [6.45, 7) is 1.44. The standard InChI is InChI=1S/C16H15ClN2O4S/c1-10(20)11-4-3-5-12(8-11)18-16(21)14-7-6-13(9-15(14)17)19-24(2,22)23/h3-9,19H,1-2H3,(H,18,21). The maximum Gasteiger partial charge on any atom is 0.257 e.